The molecule has 0 aliphatic carbocycles. The Morgan fingerprint density at radius 1 is 1.38 bits per heavy atom. The van der Waals surface area contributed by atoms with E-state index in [9.17, 15) is 9.18 Å². The smallest absolute Gasteiger partial charge is 0.256 e. The van der Waals surface area contributed by atoms with Gasteiger partial charge in [-0.3, -0.25) is 4.79 Å². The number of nitrogens with zero attached hydrogens (tertiary/aromatic N) is 1. The van der Waals surface area contributed by atoms with Crippen molar-refractivity contribution in [3.63, 3.8) is 0 Å². The molecule has 1 saturated heterocycles. The molecule has 4 heteroatoms. The van der Waals surface area contributed by atoms with E-state index in [0.717, 1.165) is 0 Å². The van der Waals surface area contributed by atoms with E-state index in [-0.39, 0.29) is 17.3 Å². The van der Waals surface area contributed by atoms with Gasteiger partial charge in [-0.25, -0.2) is 4.39 Å². The molecule has 1 fully saturated rings. The van der Waals surface area contributed by atoms with Crippen LogP contribution in [0.5, 0.6) is 0 Å². The van der Waals surface area contributed by atoms with Crippen molar-refractivity contribution in [2.45, 2.75) is 19.4 Å². The van der Waals surface area contributed by atoms with E-state index in [1.54, 1.807) is 4.90 Å². The first kappa shape index (κ1) is 11.1. The van der Waals surface area contributed by atoms with Crippen LogP contribution in [0, 0.1) is 5.82 Å². The Morgan fingerprint density at radius 2 is 2.00 bits per heavy atom. The molecule has 0 aromatic heterocycles. The van der Waals surface area contributed by atoms with Crippen LogP contribution in [0.15, 0.2) is 24.3 Å². The lowest BCUT2D eigenvalue weighted by molar-refractivity contribution is 0.0605. The summed E-state index contributed by atoms with van der Waals surface area (Å²) in [5, 5.41) is 0. The highest BCUT2D eigenvalue weighted by molar-refractivity contribution is 5.94. The highest BCUT2D eigenvalue weighted by Crippen LogP contribution is 2.23. The molecular weight excluding hydrogens is 209 g/mol. The molecule has 1 amide bonds. The van der Waals surface area contributed by atoms with Gasteiger partial charge in [0.2, 0.25) is 0 Å². The molecule has 0 atom stereocenters. The number of hydrogen-bond acceptors (Lipinski definition) is 2. The van der Waals surface area contributed by atoms with Crippen LogP contribution >= 0.6 is 0 Å². The fraction of sp³-hybridized carbons (Fsp3) is 0.417. The van der Waals surface area contributed by atoms with Crippen molar-refractivity contribution >= 4 is 5.91 Å². The van der Waals surface area contributed by atoms with E-state index in [0.29, 0.717) is 18.9 Å². The van der Waals surface area contributed by atoms with Crippen molar-refractivity contribution < 1.29 is 13.9 Å². The van der Waals surface area contributed by atoms with Crippen LogP contribution in [0.2, 0.25) is 0 Å². The maximum absolute atomic E-state index is 12.7. The fourth-order valence-corrected chi connectivity index (χ4v) is 1.72. The maximum Gasteiger partial charge on any atom is 0.256 e. The molecule has 0 saturated carbocycles. The molecule has 1 heterocycles. The Labute approximate surface area is 93.8 Å². The van der Waals surface area contributed by atoms with Crippen LogP contribution in [0.25, 0.3) is 0 Å². The van der Waals surface area contributed by atoms with Crippen LogP contribution in [-0.4, -0.2) is 29.7 Å². The molecule has 3 nitrogen and oxygen atoms in total. The lowest BCUT2D eigenvalue weighted by Gasteiger charge is -2.29. The van der Waals surface area contributed by atoms with Crippen LogP contribution in [0.1, 0.15) is 24.2 Å². The number of ether oxygens (including phenoxy) is 1. The van der Waals surface area contributed by atoms with Gasteiger partial charge in [-0.15, -0.1) is 0 Å². The average Bonchev–Trinajstić information content (AvgIpc) is 2.58. The minimum Gasteiger partial charge on any atom is -0.359 e. The predicted molar refractivity (Wildman–Crippen MR) is 57.5 cm³/mol. The topological polar surface area (TPSA) is 29.5 Å². The van der Waals surface area contributed by atoms with Gasteiger partial charge in [0.15, 0.2) is 0 Å². The Balaban J connectivity index is 2.22. The summed E-state index contributed by atoms with van der Waals surface area (Å²) in [6.45, 7) is 4.71. The number of amides is 1. The predicted octanol–water partition coefficient (Wildman–Crippen LogP) is 2.03. The van der Waals surface area contributed by atoms with Gasteiger partial charge >= 0.3 is 0 Å². The second-order valence-electron chi connectivity index (χ2n) is 4.53. The molecule has 1 aromatic rings. The van der Waals surface area contributed by atoms with Crippen molar-refractivity contribution in [2.24, 2.45) is 0 Å². The third kappa shape index (κ3) is 1.93. The number of carbonyl (C=O) groups is 1. The van der Waals surface area contributed by atoms with Gasteiger partial charge in [0.05, 0.1) is 12.1 Å². The summed E-state index contributed by atoms with van der Waals surface area (Å²) in [6, 6.07) is 5.56. The molecule has 1 aliphatic rings. The van der Waals surface area contributed by atoms with E-state index in [2.05, 4.69) is 0 Å². The SMILES string of the molecule is CC1(C)COCN1C(=O)c1ccc(F)cc1. The highest BCUT2D eigenvalue weighted by atomic mass is 19.1. The first-order valence-electron chi connectivity index (χ1n) is 5.16. The van der Waals surface area contributed by atoms with Crippen molar-refractivity contribution in [3.8, 4) is 0 Å². The quantitative estimate of drug-likeness (QED) is 0.729. The van der Waals surface area contributed by atoms with E-state index in [1.165, 1.54) is 24.3 Å². The maximum atomic E-state index is 12.7. The summed E-state index contributed by atoms with van der Waals surface area (Å²) in [5.41, 5.74) is 0.186. The zero-order valence-electron chi connectivity index (χ0n) is 9.37. The number of hydrogen-bond donors (Lipinski definition) is 0. The molecular formula is C12H14FNO2. The van der Waals surface area contributed by atoms with Gasteiger partial charge in [0.25, 0.3) is 5.91 Å². The molecule has 0 N–H and O–H groups in total. The van der Waals surface area contributed by atoms with E-state index in [1.807, 2.05) is 13.8 Å². The standard InChI is InChI=1S/C12H14FNO2/c1-12(2)7-16-8-14(12)11(15)9-3-5-10(13)6-4-9/h3-6H,7-8H2,1-2H3. The molecule has 1 aromatic carbocycles. The number of rotatable bonds is 1. The molecule has 86 valence electrons. The summed E-state index contributed by atoms with van der Waals surface area (Å²) in [7, 11) is 0. The van der Waals surface area contributed by atoms with E-state index < -0.39 is 0 Å². The molecule has 0 bridgehead atoms. The molecule has 0 radical (unpaired) electrons. The van der Waals surface area contributed by atoms with Gasteiger partial charge in [-0.05, 0) is 38.1 Å². The Kier molecular flexibility index (Phi) is 2.68. The second kappa shape index (κ2) is 3.87. The summed E-state index contributed by atoms with van der Waals surface area (Å²) in [4.78, 5) is 13.8. The lowest BCUT2D eigenvalue weighted by atomic mass is 10.0. The minimum absolute atomic E-state index is 0.123. The number of carbonyl (C=O) groups excluding carboxylic acids is 1. The lowest BCUT2D eigenvalue weighted by Crippen LogP contribution is -2.44. The fourth-order valence-electron chi connectivity index (χ4n) is 1.72. The number of halogens is 1. The van der Waals surface area contributed by atoms with Gasteiger partial charge in [-0.1, -0.05) is 0 Å². The monoisotopic (exact) mass is 223 g/mol. The van der Waals surface area contributed by atoms with Crippen molar-refractivity contribution in [2.75, 3.05) is 13.3 Å². The molecule has 0 unspecified atom stereocenters. The van der Waals surface area contributed by atoms with Crippen LogP contribution < -0.4 is 0 Å². The number of benzene rings is 1. The molecule has 16 heavy (non-hydrogen) atoms. The van der Waals surface area contributed by atoms with Crippen LogP contribution in [-0.2, 0) is 4.74 Å². The second-order valence-corrected chi connectivity index (χ2v) is 4.53. The van der Waals surface area contributed by atoms with Gasteiger partial charge in [0.1, 0.15) is 12.5 Å². The summed E-state index contributed by atoms with van der Waals surface area (Å²) < 4.78 is 18.0. The largest absolute Gasteiger partial charge is 0.359 e. The Morgan fingerprint density at radius 3 is 2.50 bits per heavy atom. The zero-order chi connectivity index (χ0) is 11.8. The van der Waals surface area contributed by atoms with E-state index in [4.69, 9.17) is 4.74 Å². The third-order valence-corrected chi connectivity index (χ3v) is 2.74. The van der Waals surface area contributed by atoms with E-state index >= 15 is 0 Å². The van der Waals surface area contributed by atoms with Gasteiger partial charge in [0, 0.05) is 5.56 Å². The van der Waals surface area contributed by atoms with Crippen molar-refractivity contribution in [1.29, 1.82) is 0 Å². The minimum atomic E-state index is -0.339. The van der Waals surface area contributed by atoms with Crippen molar-refractivity contribution in [1.82, 2.24) is 4.90 Å². The Bertz CT molecular complexity index is 400. The summed E-state index contributed by atoms with van der Waals surface area (Å²) in [5.74, 6) is -0.462. The van der Waals surface area contributed by atoms with Crippen molar-refractivity contribution in [3.05, 3.63) is 35.6 Å². The summed E-state index contributed by atoms with van der Waals surface area (Å²) >= 11 is 0. The Hall–Kier alpha value is -1.42. The highest BCUT2D eigenvalue weighted by Gasteiger charge is 2.36. The summed E-state index contributed by atoms with van der Waals surface area (Å²) in [6.07, 6.45) is 0. The normalized spacial score (nSPS) is 18.8. The van der Waals surface area contributed by atoms with Gasteiger partial charge < -0.3 is 9.64 Å². The molecule has 0 spiro atoms. The molecule has 2 rings (SSSR count). The first-order chi connectivity index (χ1) is 7.50. The van der Waals surface area contributed by atoms with Gasteiger partial charge in [-0.2, -0.15) is 0 Å². The first-order valence-corrected chi connectivity index (χ1v) is 5.16. The van der Waals surface area contributed by atoms with Crippen LogP contribution in [0.3, 0.4) is 0 Å². The average molecular weight is 223 g/mol. The van der Waals surface area contributed by atoms with Crippen LogP contribution in [0.4, 0.5) is 4.39 Å². The molecule has 1 aliphatic heterocycles. The third-order valence-electron chi connectivity index (χ3n) is 2.74. The zero-order valence-corrected chi connectivity index (χ0v) is 9.37.